The second kappa shape index (κ2) is 5.72. The van der Waals surface area contributed by atoms with Crippen molar-refractivity contribution < 1.29 is 9.11 Å². The van der Waals surface area contributed by atoms with Crippen molar-refractivity contribution in [1.29, 1.82) is 0 Å². The SMILES string of the molecule is CCCC1Cc2ccccc2N(c2ccccc2)S1(O)O. The van der Waals surface area contributed by atoms with Gasteiger partial charge in [0.05, 0.1) is 16.6 Å². The number of nitrogens with zero attached hydrogens (tertiary/aromatic N) is 1. The summed E-state index contributed by atoms with van der Waals surface area (Å²) in [6, 6.07) is 17.7. The molecule has 2 N–H and O–H groups in total. The fourth-order valence-corrected chi connectivity index (χ4v) is 5.13. The number of anilines is 2. The van der Waals surface area contributed by atoms with Crippen molar-refractivity contribution in [2.75, 3.05) is 4.31 Å². The molecule has 1 heterocycles. The number of rotatable bonds is 3. The monoisotopic (exact) mass is 303 g/mol. The van der Waals surface area contributed by atoms with Crippen LogP contribution in [0.2, 0.25) is 0 Å². The van der Waals surface area contributed by atoms with Crippen molar-refractivity contribution in [1.82, 2.24) is 0 Å². The van der Waals surface area contributed by atoms with E-state index in [4.69, 9.17) is 0 Å². The topological polar surface area (TPSA) is 43.7 Å². The van der Waals surface area contributed by atoms with Gasteiger partial charge in [0.1, 0.15) is 0 Å². The summed E-state index contributed by atoms with van der Waals surface area (Å²) in [5.74, 6) is 0. The number of hydrogen-bond acceptors (Lipinski definition) is 3. The number of para-hydroxylation sites is 2. The highest BCUT2D eigenvalue weighted by atomic mass is 32.3. The van der Waals surface area contributed by atoms with Gasteiger partial charge in [0.15, 0.2) is 0 Å². The van der Waals surface area contributed by atoms with Gasteiger partial charge in [-0.1, -0.05) is 49.7 Å². The quantitative estimate of drug-likeness (QED) is 0.817. The Bertz CT molecular complexity index is 615. The molecule has 0 bridgehead atoms. The Kier molecular flexibility index (Phi) is 3.93. The summed E-state index contributed by atoms with van der Waals surface area (Å²) in [5, 5.41) is -0.113. The fraction of sp³-hybridized carbons (Fsp3) is 0.294. The van der Waals surface area contributed by atoms with E-state index < -0.39 is 10.8 Å². The van der Waals surface area contributed by atoms with E-state index >= 15 is 0 Å². The molecule has 0 spiro atoms. The Balaban J connectivity index is 2.13. The molecular formula is C17H21NO2S. The molecule has 0 fully saturated rings. The molecule has 1 aliphatic heterocycles. The van der Waals surface area contributed by atoms with Crippen molar-refractivity contribution in [3.63, 3.8) is 0 Å². The third-order valence-electron chi connectivity index (χ3n) is 3.98. The maximum atomic E-state index is 10.9. The summed E-state index contributed by atoms with van der Waals surface area (Å²) in [6.07, 6.45) is 2.50. The smallest absolute Gasteiger partial charge is 0.0733 e. The van der Waals surface area contributed by atoms with Crippen molar-refractivity contribution in [2.24, 2.45) is 0 Å². The molecule has 1 aliphatic rings. The molecule has 1 unspecified atom stereocenters. The first kappa shape index (κ1) is 14.4. The summed E-state index contributed by atoms with van der Waals surface area (Å²) in [5.41, 5.74) is 2.94. The molecule has 3 rings (SSSR count). The highest BCUT2D eigenvalue weighted by Crippen LogP contribution is 2.60. The molecule has 3 nitrogen and oxygen atoms in total. The Morgan fingerprint density at radius 2 is 1.71 bits per heavy atom. The largest absolute Gasteiger partial charge is 0.281 e. The van der Waals surface area contributed by atoms with Gasteiger partial charge in [-0.3, -0.25) is 9.11 Å². The van der Waals surface area contributed by atoms with E-state index in [0.29, 0.717) is 0 Å². The van der Waals surface area contributed by atoms with Gasteiger partial charge < -0.3 is 0 Å². The highest BCUT2D eigenvalue weighted by Gasteiger charge is 2.38. The zero-order chi connectivity index (χ0) is 14.9. The number of benzene rings is 2. The predicted molar refractivity (Wildman–Crippen MR) is 90.3 cm³/mol. The van der Waals surface area contributed by atoms with Gasteiger partial charge in [-0.2, -0.15) is 0 Å². The van der Waals surface area contributed by atoms with E-state index in [0.717, 1.165) is 30.6 Å². The molecule has 2 aromatic rings. The lowest BCUT2D eigenvalue weighted by Gasteiger charge is -2.52. The molecule has 112 valence electrons. The van der Waals surface area contributed by atoms with Gasteiger partial charge in [0.2, 0.25) is 0 Å². The predicted octanol–water partition coefficient (Wildman–Crippen LogP) is 5.22. The lowest BCUT2D eigenvalue weighted by atomic mass is 10.0. The van der Waals surface area contributed by atoms with E-state index in [2.05, 4.69) is 13.0 Å². The second-order valence-corrected chi connectivity index (χ2v) is 7.59. The first-order valence-electron chi connectivity index (χ1n) is 7.35. The Hall–Kier alpha value is -1.49. The van der Waals surface area contributed by atoms with Crippen LogP contribution in [0, 0.1) is 0 Å². The third kappa shape index (κ3) is 2.55. The molecule has 0 aliphatic carbocycles. The van der Waals surface area contributed by atoms with Gasteiger partial charge >= 0.3 is 0 Å². The minimum absolute atomic E-state index is 0.113. The van der Waals surface area contributed by atoms with Crippen LogP contribution < -0.4 is 4.31 Å². The van der Waals surface area contributed by atoms with E-state index in [1.54, 1.807) is 4.31 Å². The van der Waals surface area contributed by atoms with Crippen LogP contribution in [0.3, 0.4) is 0 Å². The first-order chi connectivity index (χ1) is 10.1. The molecule has 1 atom stereocenters. The van der Waals surface area contributed by atoms with Crippen molar-refractivity contribution in [3.8, 4) is 0 Å². The van der Waals surface area contributed by atoms with Crippen molar-refractivity contribution in [2.45, 2.75) is 31.4 Å². The van der Waals surface area contributed by atoms with Crippen molar-refractivity contribution in [3.05, 3.63) is 60.2 Å². The average molecular weight is 303 g/mol. The van der Waals surface area contributed by atoms with E-state index in [-0.39, 0.29) is 5.25 Å². The minimum Gasteiger partial charge on any atom is -0.281 e. The summed E-state index contributed by atoms with van der Waals surface area (Å²) in [4.78, 5) is 0. The van der Waals surface area contributed by atoms with Crippen LogP contribution in [0.1, 0.15) is 25.3 Å². The van der Waals surface area contributed by atoms with Crippen LogP contribution in [-0.2, 0) is 6.42 Å². The minimum atomic E-state index is -2.86. The lowest BCUT2D eigenvalue weighted by molar-refractivity contribution is 0.457. The maximum absolute atomic E-state index is 10.9. The van der Waals surface area contributed by atoms with Crippen LogP contribution >= 0.6 is 10.8 Å². The zero-order valence-electron chi connectivity index (χ0n) is 12.1. The Labute approximate surface area is 127 Å². The van der Waals surface area contributed by atoms with Gasteiger partial charge in [-0.25, -0.2) is 4.31 Å². The first-order valence-corrected chi connectivity index (χ1v) is 8.91. The van der Waals surface area contributed by atoms with Crippen LogP contribution in [0.15, 0.2) is 54.6 Å². The fourth-order valence-electron chi connectivity index (χ4n) is 2.97. The van der Waals surface area contributed by atoms with Crippen LogP contribution in [0.4, 0.5) is 11.4 Å². The van der Waals surface area contributed by atoms with E-state index in [9.17, 15) is 9.11 Å². The maximum Gasteiger partial charge on any atom is 0.0733 e. The Morgan fingerprint density at radius 3 is 2.43 bits per heavy atom. The molecule has 0 saturated carbocycles. The summed E-state index contributed by atoms with van der Waals surface area (Å²) >= 11 is 0. The molecule has 2 aromatic carbocycles. The van der Waals surface area contributed by atoms with Gasteiger partial charge in [-0.15, -0.1) is 10.8 Å². The number of hydrogen-bond donors (Lipinski definition) is 2. The lowest BCUT2D eigenvalue weighted by Crippen LogP contribution is -2.37. The Morgan fingerprint density at radius 1 is 1.05 bits per heavy atom. The molecule has 21 heavy (non-hydrogen) atoms. The molecular weight excluding hydrogens is 282 g/mol. The molecule has 0 amide bonds. The summed E-state index contributed by atoms with van der Waals surface area (Å²) in [6.45, 7) is 2.09. The van der Waals surface area contributed by atoms with Gasteiger partial charge in [0.25, 0.3) is 0 Å². The van der Waals surface area contributed by atoms with Gasteiger partial charge in [0, 0.05) is 0 Å². The van der Waals surface area contributed by atoms with Crippen LogP contribution in [0.25, 0.3) is 0 Å². The normalized spacial score (nSPS) is 21.7. The average Bonchev–Trinajstić information content (AvgIpc) is 2.49. The van der Waals surface area contributed by atoms with Crippen molar-refractivity contribution >= 4 is 22.2 Å². The van der Waals surface area contributed by atoms with Crippen LogP contribution in [0.5, 0.6) is 0 Å². The zero-order valence-corrected chi connectivity index (χ0v) is 13.0. The standard InChI is InChI=1S/C17H21NO2S/c1-2-8-16-13-14-9-6-7-12-17(14)18(21(16,19)20)15-10-4-3-5-11-15/h3-7,9-12,16,19-20H,2,8,13H2,1H3. The third-order valence-corrected chi connectivity index (χ3v) is 6.22. The molecule has 4 heteroatoms. The molecule has 0 radical (unpaired) electrons. The van der Waals surface area contributed by atoms with Crippen LogP contribution in [-0.4, -0.2) is 14.4 Å². The molecule has 0 saturated heterocycles. The highest BCUT2D eigenvalue weighted by molar-refractivity contribution is 8.26. The van der Waals surface area contributed by atoms with E-state index in [1.807, 2.05) is 48.5 Å². The number of fused-ring (bicyclic) bond motifs is 1. The van der Waals surface area contributed by atoms with E-state index in [1.165, 1.54) is 5.56 Å². The molecule has 0 aromatic heterocycles. The second-order valence-electron chi connectivity index (χ2n) is 5.43. The summed E-state index contributed by atoms with van der Waals surface area (Å²) in [7, 11) is -2.86. The summed E-state index contributed by atoms with van der Waals surface area (Å²) < 4.78 is 23.5. The van der Waals surface area contributed by atoms with Gasteiger partial charge in [-0.05, 0) is 36.6 Å².